The zero-order chi connectivity index (χ0) is 18.1. The van der Waals surface area contributed by atoms with Gasteiger partial charge in [0.1, 0.15) is 0 Å². The second-order valence-electron chi connectivity index (χ2n) is 6.50. The zero-order valence-corrected chi connectivity index (χ0v) is 16.6. The molecule has 1 aromatic heterocycles. The van der Waals surface area contributed by atoms with Crippen molar-refractivity contribution in [3.8, 4) is 0 Å². The molecule has 2 saturated heterocycles. The Morgan fingerprint density at radius 3 is 2.46 bits per heavy atom. The number of thiophene rings is 1. The van der Waals surface area contributed by atoms with E-state index in [9.17, 15) is 9.59 Å². The van der Waals surface area contributed by atoms with Crippen molar-refractivity contribution in [2.75, 3.05) is 25.4 Å². The summed E-state index contributed by atoms with van der Waals surface area (Å²) in [7, 11) is 0. The molecule has 7 heteroatoms. The van der Waals surface area contributed by atoms with E-state index in [-0.39, 0.29) is 16.7 Å². The van der Waals surface area contributed by atoms with Crippen molar-refractivity contribution in [1.29, 1.82) is 0 Å². The molecule has 26 heavy (non-hydrogen) atoms. The molecule has 0 radical (unpaired) electrons. The van der Waals surface area contributed by atoms with Crippen molar-refractivity contribution in [3.63, 3.8) is 0 Å². The van der Waals surface area contributed by atoms with E-state index in [1.807, 2.05) is 51.2 Å². The lowest BCUT2D eigenvalue weighted by molar-refractivity contribution is 0.0501. The Morgan fingerprint density at radius 1 is 1.00 bits per heavy atom. The number of carbonyl (C=O) groups is 2. The third-order valence-electron chi connectivity index (χ3n) is 5.09. The number of nitrogens with zero attached hydrogens (tertiary/aromatic N) is 2. The minimum Gasteiger partial charge on any atom is -0.338 e. The van der Waals surface area contributed by atoms with Crippen molar-refractivity contribution in [3.05, 3.63) is 57.2 Å². The molecule has 136 valence electrons. The monoisotopic (exact) mass is 406 g/mol. The largest absolute Gasteiger partial charge is 0.338 e. The van der Waals surface area contributed by atoms with Crippen LogP contribution in [0, 0.1) is 0 Å². The van der Waals surface area contributed by atoms with Gasteiger partial charge in [0.25, 0.3) is 11.8 Å². The summed E-state index contributed by atoms with van der Waals surface area (Å²) in [5, 5.41) is 2.43. The van der Waals surface area contributed by atoms with Gasteiger partial charge < -0.3 is 9.80 Å². The van der Waals surface area contributed by atoms with Gasteiger partial charge in [0.2, 0.25) is 0 Å². The lowest BCUT2D eigenvalue weighted by Gasteiger charge is -2.44. The first-order valence-corrected chi connectivity index (χ1v) is 10.9. The first-order valence-electron chi connectivity index (χ1n) is 8.64. The van der Waals surface area contributed by atoms with E-state index >= 15 is 0 Å². The van der Waals surface area contributed by atoms with Crippen LogP contribution in [0.1, 0.15) is 32.9 Å². The summed E-state index contributed by atoms with van der Waals surface area (Å²) in [4.78, 5) is 30.2. The van der Waals surface area contributed by atoms with Crippen LogP contribution in [0.25, 0.3) is 0 Å². The molecule has 0 unspecified atom stereocenters. The average molecular weight is 407 g/mol. The van der Waals surface area contributed by atoms with E-state index in [4.69, 9.17) is 11.6 Å². The molecule has 2 aliphatic heterocycles. The van der Waals surface area contributed by atoms with Crippen LogP contribution >= 0.6 is 34.7 Å². The van der Waals surface area contributed by atoms with Crippen LogP contribution in [0.3, 0.4) is 0 Å². The van der Waals surface area contributed by atoms with E-state index in [0.29, 0.717) is 23.7 Å². The summed E-state index contributed by atoms with van der Waals surface area (Å²) in [5.74, 6) is 1.05. The molecule has 1 aromatic carbocycles. The quantitative estimate of drug-likeness (QED) is 0.749. The number of carbonyl (C=O) groups excluding carboxylic acids is 2. The third kappa shape index (κ3) is 3.15. The van der Waals surface area contributed by atoms with Crippen molar-refractivity contribution in [2.24, 2.45) is 0 Å². The van der Waals surface area contributed by atoms with Crippen molar-refractivity contribution >= 4 is 46.5 Å². The van der Waals surface area contributed by atoms with Crippen molar-refractivity contribution < 1.29 is 9.59 Å². The van der Waals surface area contributed by atoms with Crippen LogP contribution < -0.4 is 0 Å². The fourth-order valence-electron chi connectivity index (χ4n) is 3.71. The molecule has 1 spiro atoms. The van der Waals surface area contributed by atoms with Crippen LogP contribution in [0.15, 0.2) is 41.8 Å². The van der Waals surface area contributed by atoms with Crippen LogP contribution in [0.2, 0.25) is 5.02 Å². The van der Waals surface area contributed by atoms with Gasteiger partial charge in [-0.2, -0.15) is 0 Å². The minimum absolute atomic E-state index is 0.0235. The predicted octanol–water partition coefficient (Wildman–Crippen LogP) is 4.22. The number of hydrogen-bond acceptors (Lipinski definition) is 4. The highest BCUT2D eigenvalue weighted by Gasteiger charge is 2.47. The van der Waals surface area contributed by atoms with Crippen LogP contribution in [-0.4, -0.2) is 51.9 Å². The average Bonchev–Trinajstić information content (AvgIpc) is 3.32. The SMILES string of the molecule is O=C(c1ccccc1Cl)N1CCC2(CC1)SCCN2C(=O)c1cccs1. The van der Waals surface area contributed by atoms with Gasteiger partial charge in [0.15, 0.2) is 0 Å². The molecule has 4 rings (SSSR count). The van der Waals surface area contributed by atoms with Gasteiger partial charge in [-0.15, -0.1) is 23.1 Å². The molecule has 2 aromatic rings. The number of piperidine rings is 1. The molecule has 0 bridgehead atoms. The van der Waals surface area contributed by atoms with Gasteiger partial charge in [-0.1, -0.05) is 29.8 Å². The van der Waals surface area contributed by atoms with Crippen LogP contribution in [0.4, 0.5) is 0 Å². The molecule has 2 aliphatic rings. The van der Waals surface area contributed by atoms with Crippen LogP contribution in [-0.2, 0) is 0 Å². The van der Waals surface area contributed by atoms with Crippen LogP contribution in [0.5, 0.6) is 0 Å². The zero-order valence-electron chi connectivity index (χ0n) is 14.2. The predicted molar refractivity (Wildman–Crippen MR) is 107 cm³/mol. The molecule has 3 heterocycles. The standard InChI is InChI=1S/C19H19ClN2O2S2/c20-15-5-2-1-4-14(15)17(23)21-9-7-19(8-10-21)22(11-13-26-19)18(24)16-6-3-12-25-16/h1-6,12H,7-11,13H2. The fraction of sp³-hybridized carbons (Fsp3) is 0.368. The Kier molecular flexibility index (Phi) is 4.99. The Labute approximate surface area is 166 Å². The van der Waals surface area contributed by atoms with E-state index in [1.165, 1.54) is 11.3 Å². The van der Waals surface area contributed by atoms with Gasteiger partial charge in [-0.3, -0.25) is 9.59 Å². The first-order chi connectivity index (χ1) is 12.6. The molecule has 2 fully saturated rings. The van der Waals surface area contributed by atoms with Gasteiger partial charge >= 0.3 is 0 Å². The van der Waals surface area contributed by atoms with Crippen molar-refractivity contribution in [2.45, 2.75) is 17.7 Å². The highest BCUT2D eigenvalue weighted by molar-refractivity contribution is 8.00. The number of benzene rings is 1. The normalized spacial score (nSPS) is 19.1. The number of thioether (sulfide) groups is 1. The first kappa shape index (κ1) is 17.9. The maximum absolute atomic E-state index is 12.9. The number of rotatable bonds is 2. The molecular formula is C19H19ClN2O2S2. The number of hydrogen-bond donors (Lipinski definition) is 0. The van der Waals surface area contributed by atoms with Gasteiger partial charge in [0.05, 0.1) is 20.3 Å². The molecule has 0 N–H and O–H groups in total. The van der Waals surface area contributed by atoms with Gasteiger partial charge in [0, 0.05) is 25.4 Å². The third-order valence-corrected chi connectivity index (χ3v) is 7.83. The smallest absolute Gasteiger partial charge is 0.265 e. The second-order valence-corrected chi connectivity index (χ2v) is 9.31. The van der Waals surface area contributed by atoms with E-state index < -0.39 is 0 Å². The number of likely N-dealkylation sites (tertiary alicyclic amines) is 1. The lowest BCUT2D eigenvalue weighted by Crippen LogP contribution is -2.53. The van der Waals surface area contributed by atoms with E-state index in [0.717, 1.165) is 30.0 Å². The summed E-state index contributed by atoms with van der Waals surface area (Å²) in [6.07, 6.45) is 1.59. The summed E-state index contributed by atoms with van der Waals surface area (Å²) in [6, 6.07) is 11.0. The van der Waals surface area contributed by atoms with E-state index in [2.05, 4.69) is 0 Å². The highest BCUT2D eigenvalue weighted by Crippen LogP contribution is 2.45. The molecule has 0 saturated carbocycles. The summed E-state index contributed by atoms with van der Waals surface area (Å²) in [5.41, 5.74) is 0.552. The molecule has 4 nitrogen and oxygen atoms in total. The summed E-state index contributed by atoms with van der Waals surface area (Å²) in [6.45, 7) is 2.07. The van der Waals surface area contributed by atoms with Gasteiger partial charge in [-0.25, -0.2) is 0 Å². The Balaban J connectivity index is 1.48. The summed E-state index contributed by atoms with van der Waals surface area (Å²) < 4.78 is 0. The maximum atomic E-state index is 12.9. The Morgan fingerprint density at radius 2 is 1.77 bits per heavy atom. The molecular weight excluding hydrogens is 388 g/mol. The van der Waals surface area contributed by atoms with Crippen molar-refractivity contribution in [1.82, 2.24) is 9.80 Å². The highest BCUT2D eigenvalue weighted by atomic mass is 35.5. The van der Waals surface area contributed by atoms with Gasteiger partial charge in [-0.05, 0) is 36.4 Å². The lowest BCUT2D eigenvalue weighted by atomic mass is 10.0. The molecule has 2 amide bonds. The number of halogens is 1. The number of amides is 2. The Hall–Kier alpha value is -1.50. The van der Waals surface area contributed by atoms with E-state index in [1.54, 1.807) is 12.1 Å². The Bertz CT molecular complexity index is 817. The molecule has 0 aliphatic carbocycles. The maximum Gasteiger partial charge on any atom is 0.265 e. The summed E-state index contributed by atoms with van der Waals surface area (Å²) >= 11 is 9.53. The topological polar surface area (TPSA) is 40.6 Å². The fourth-order valence-corrected chi connectivity index (χ4v) is 6.05. The minimum atomic E-state index is -0.182. The second kappa shape index (κ2) is 7.25. The molecule has 0 atom stereocenters.